The van der Waals surface area contributed by atoms with Crippen LogP contribution in [0.4, 0.5) is 0 Å². The van der Waals surface area contributed by atoms with E-state index in [1.807, 2.05) is 68.4 Å². The van der Waals surface area contributed by atoms with Crippen molar-refractivity contribution in [3.63, 3.8) is 0 Å². The van der Waals surface area contributed by atoms with E-state index in [9.17, 15) is 0 Å². The van der Waals surface area contributed by atoms with Crippen molar-refractivity contribution in [3.8, 4) is 0 Å². The monoisotopic (exact) mass is 306 g/mol. The van der Waals surface area contributed by atoms with Crippen LogP contribution in [0.1, 0.15) is 30.5 Å². The Morgan fingerprint density at radius 3 is 0.609 bits per heavy atom. The summed E-state index contributed by atoms with van der Waals surface area (Å²) in [5.41, 5.74) is 3.97. The van der Waals surface area contributed by atoms with E-state index in [0.717, 1.165) is 0 Å². The Bertz CT molecular complexity index is 479. The molecule has 0 N–H and O–H groups in total. The van der Waals surface area contributed by atoms with E-state index in [1.54, 1.807) is 0 Å². The van der Waals surface area contributed by atoms with Crippen LogP contribution in [0.5, 0.6) is 0 Å². The van der Waals surface area contributed by atoms with Crippen molar-refractivity contribution in [2.75, 3.05) is 0 Å². The molecule has 3 aromatic rings. The number of hydrogen-bond acceptors (Lipinski definition) is 0. The number of benzene rings is 3. The van der Waals surface area contributed by atoms with E-state index < -0.39 is 0 Å². The van der Waals surface area contributed by atoms with Gasteiger partial charge in [-0.15, -0.1) is 0 Å². The summed E-state index contributed by atoms with van der Waals surface area (Å²) in [5.74, 6) is 0. The molecule has 23 heavy (non-hydrogen) atoms. The average molecular weight is 306 g/mol. The Kier molecular flexibility index (Phi) is 13.1. The minimum Gasteiger partial charge on any atom is -0.0683 e. The highest BCUT2D eigenvalue weighted by Gasteiger charge is 1.73. The lowest BCUT2D eigenvalue weighted by Gasteiger charge is -1.82. The quantitative estimate of drug-likeness (QED) is 0.419. The fourth-order valence-corrected chi connectivity index (χ4v) is 1.60. The largest absolute Gasteiger partial charge is 0.0683 e. The van der Waals surface area contributed by atoms with E-state index in [-0.39, 0.29) is 0 Å². The average Bonchev–Trinajstić information content (AvgIpc) is 2.60. The van der Waals surface area contributed by atoms with Gasteiger partial charge in [0.2, 0.25) is 0 Å². The number of aryl methyl sites for hydroxylation is 3. The lowest BCUT2D eigenvalue weighted by atomic mass is 10.2. The van der Waals surface area contributed by atoms with Crippen LogP contribution < -0.4 is 0 Å². The molecule has 0 bridgehead atoms. The lowest BCUT2D eigenvalue weighted by Crippen LogP contribution is -1.62. The minimum absolute atomic E-state index is 1.32. The zero-order valence-corrected chi connectivity index (χ0v) is 15.2. The maximum Gasteiger partial charge on any atom is -0.0398 e. The molecule has 3 rings (SSSR count). The van der Waals surface area contributed by atoms with Crippen LogP contribution in [0.25, 0.3) is 0 Å². The molecule has 0 nitrogen and oxygen atoms in total. The van der Waals surface area contributed by atoms with Crippen LogP contribution in [0.2, 0.25) is 0 Å². The van der Waals surface area contributed by atoms with Gasteiger partial charge in [0.05, 0.1) is 0 Å². The second-order valence-electron chi connectivity index (χ2n) is 4.96. The Morgan fingerprint density at radius 1 is 0.348 bits per heavy atom. The van der Waals surface area contributed by atoms with Gasteiger partial charge in [0, 0.05) is 0 Å². The van der Waals surface area contributed by atoms with E-state index in [4.69, 9.17) is 0 Å². The SMILES string of the molecule is CC.Cc1ccccc1.Cc1ccccc1.Cc1ccccc1. The van der Waals surface area contributed by atoms with Gasteiger partial charge in [0.25, 0.3) is 0 Å². The Balaban J connectivity index is 0.000000299. The van der Waals surface area contributed by atoms with Crippen LogP contribution in [-0.2, 0) is 0 Å². The Labute approximate surface area is 142 Å². The van der Waals surface area contributed by atoms with E-state index in [0.29, 0.717) is 0 Å². The number of rotatable bonds is 0. The molecule has 0 saturated heterocycles. The molecule has 0 heteroatoms. The van der Waals surface area contributed by atoms with Crippen LogP contribution in [-0.4, -0.2) is 0 Å². The molecule has 0 unspecified atom stereocenters. The molecule has 0 atom stereocenters. The van der Waals surface area contributed by atoms with Gasteiger partial charge in [0.15, 0.2) is 0 Å². The summed E-state index contributed by atoms with van der Waals surface area (Å²) in [7, 11) is 0. The van der Waals surface area contributed by atoms with Gasteiger partial charge < -0.3 is 0 Å². The van der Waals surface area contributed by atoms with Gasteiger partial charge >= 0.3 is 0 Å². The predicted molar refractivity (Wildman–Crippen MR) is 105 cm³/mol. The highest BCUT2D eigenvalue weighted by atomic mass is 13.8. The Morgan fingerprint density at radius 2 is 0.522 bits per heavy atom. The summed E-state index contributed by atoms with van der Waals surface area (Å²) >= 11 is 0. The maximum atomic E-state index is 2.08. The van der Waals surface area contributed by atoms with Crippen LogP contribution in [0, 0.1) is 20.8 Å². The molecular weight excluding hydrogens is 276 g/mol. The molecule has 3 aromatic carbocycles. The van der Waals surface area contributed by atoms with E-state index >= 15 is 0 Å². The molecule has 0 aromatic heterocycles. The molecule has 0 saturated carbocycles. The van der Waals surface area contributed by atoms with Crippen molar-refractivity contribution >= 4 is 0 Å². The van der Waals surface area contributed by atoms with Crippen molar-refractivity contribution in [2.24, 2.45) is 0 Å². The highest BCUT2D eigenvalue weighted by Crippen LogP contribution is 1.93. The summed E-state index contributed by atoms with van der Waals surface area (Å²) in [6, 6.07) is 30.8. The van der Waals surface area contributed by atoms with E-state index in [2.05, 4.69) is 57.2 Å². The maximum absolute atomic E-state index is 2.08. The molecule has 0 aliphatic rings. The summed E-state index contributed by atoms with van der Waals surface area (Å²) in [6.07, 6.45) is 0. The van der Waals surface area contributed by atoms with Crippen LogP contribution in [0.3, 0.4) is 0 Å². The fraction of sp³-hybridized carbons (Fsp3) is 0.217. The predicted octanol–water partition coefficient (Wildman–Crippen LogP) is 7.01. The zero-order valence-electron chi connectivity index (χ0n) is 15.2. The van der Waals surface area contributed by atoms with E-state index in [1.165, 1.54) is 16.7 Å². The molecule has 0 radical (unpaired) electrons. The van der Waals surface area contributed by atoms with Gasteiger partial charge in [-0.2, -0.15) is 0 Å². The molecule has 0 aliphatic carbocycles. The Hall–Kier alpha value is -2.34. The van der Waals surface area contributed by atoms with Crippen molar-refractivity contribution in [1.29, 1.82) is 0 Å². The van der Waals surface area contributed by atoms with Gasteiger partial charge in [-0.25, -0.2) is 0 Å². The molecule has 0 heterocycles. The summed E-state index contributed by atoms with van der Waals surface area (Å²) in [6.45, 7) is 10.3. The molecule has 122 valence electrons. The standard InChI is InChI=1S/3C7H8.C2H6/c3*1-7-5-3-2-4-6-7;1-2/h3*2-6H,1H3;1-2H3. The first-order chi connectivity index (χ1) is 11.2. The second-order valence-corrected chi connectivity index (χ2v) is 4.96. The topological polar surface area (TPSA) is 0 Å². The van der Waals surface area contributed by atoms with Gasteiger partial charge in [0.1, 0.15) is 0 Å². The van der Waals surface area contributed by atoms with Crippen LogP contribution in [0.15, 0.2) is 91.0 Å². The fourth-order valence-electron chi connectivity index (χ4n) is 1.60. The summed E-state index contributed by atoms with van der Waals surface area (Å²) in [4.78, 5) is 0. The molecular formula is C23H30. The number of hydrogen-bond donors (Lipinski definition) is 0. The van der Waals surface area contributed by atoms with Crippen LogP contribution >= 0.6 is 0 Å². The van der Waals surface area contributed by atoms with Crippen molar-refractivity contribution in [1.82, 2.24) is 0 Å². The van der Waals surface area contributed by atoms with Crippen molar-refractivity contribution < 1.29 is 0 Å². The van der Waals surface area contributed by atoms with Crippen molar-refractivity contribution in [3.05, 3.63) is 108 Å². The van der Waals surface area contributed by atoms with Gasteiger partial charge in [-0.1, -0.05) is 122 Å². The molecule has 0 aliphatic heterocycles. The van der Waals surface area contributed by atoms with Gasteiger partial charge in [-0.05, 0) is 20.8 Å². The second kappa shape index (κ2) is 14.6. The first-order valence-corrected chi connectivity index (χ1v) is 8.23. The zero-order chi connectivity index (χ0) is 17.3. The normalized spacial score (nSPS) is 8.22. The third-order valence-electron chi connectivity index (χ3n) is 2.82. The summed E-state index contributed by atoms with van der Waals surface area (Å²) < 4.78 is 0. The molecule has 0 fully saturated rings. The lowest BCUT2D eigenvalue weighted by molar-refractivity contribution is 1.48. The first kappa shape index (κ1) is 20.7. The highest BCUT2D eigenvalue weighted by molar-refractivity contribution is 5.12. The van der Waals surface area contributed by atoms with Gasteiger partial charge in [-0.3, -0.25) is 0 Å². The van der Waals surface area contributed by atoms with Crippen molar-refractivity contribution in [2.45, 2.75) is 34.6 Å². The molecule has 0 amide bonds. The minimum atomic E-state index is 1.32. The summed E-state index contributed by atoms with van der Waals surface area (Å²) in [5, 5.41) is 0. The third-order valence-corrected chi connectivity index (χ3v) is 2.82. The smallest absolute Gasteiger partial charge is 0.0398 e. The molecule has 0 spiro atoms. The third kappa shape index (κ3) is 13.1. The first-order valence-electron chi connectivity index (χ1n) is 8.23.